The minimum atomic E-state index is 0.662. The van der Waals surface area contributed by atoms with E-state index in [0.717, 1.165) is 28.0 Å². The van der Waals surface area contributed by atoms with Crippen LogP contribution in [0.5, 0.6) is 0 Å². The van der Waals surface area contributed by atoms with E-state index in [4.69, 9.17) is 9.97 Å². The van der Waals surface area contributed by atoms with Gasteiger partial charge in [0.05, 0.1) is 16.9 Å². The second-order valence-corrected chi connectivity index (χ2v) is 9.87. The van der Waals surface area contributed by atoms with Gasteiger partial charge in [0, 0.05) is 28.3 Å². The largest absolute Gasteiger partial charge is 0.285 e. The summed E-state index contributed by atoms with van der Waals surface area (Å²) < 4.78 is 2.16. The predicted molar refractivity (Wildman–Crippen MR) is 160 cm³/mol. The molecular weight excluding hydrogens is 474 g/mol. The number of nitrogens with zero attached hydrogens (tertiary/aromatic N) is 3. The van der Waals surface area contributed by atoms with Crippen molar-refractivity contribution in [2.45, 2.75) is 0 Å². The highest BCUT2D eigenvalue weighted by Gasteiger charge is 2.24. The second kappa shape index (κ2) is 8.64. The highest BCUT2D eigenvalue weighted by atomic mass is 15.2. The van der Waals surface area contributed by atoms with Crippen molar-refractivity contribution in [1.29, 1.82) is 0 Å². The van der Waals surface area contributed by atoms with Crippen LogP contribution in [0.1, 0.15) is 0 Å². The first-order valence-electron chi connectivity index (χ1n) is 13.2. The van der Waals surface area contributed by atoms with E-state index in [-0.39, 0.29) is 0 Å². The van der Waals surface area contributed by atoms with Crippen LogP contribution in [-0.2, 0) is 0 Å². The number of hydrogen-bond donors (Lipinski definition) is 0. The highest BCUT2D eigenvalue weighted by Crippen LogP contribution is 2.48. The third-order valence-corrected chi connectivity index (χ3v) is 7.62. The lowest BCUT2D eigenvalue weighted by Crippen LogP contribution is -2.03. The molecule has 0 bridgehead atoms. The van der Waals surface area contributed by atoms with E-state index >= 15 is 0 Å². The molecule has 2 heterocycles. The van der Waals surface area contributed by atoms with Gasteiger partial charge in [-0.15, -0.1) is 0 Å². The van der Waals surface area contributed by atoms with Crippen molar-refractivity contribution in [1.82, 2.24) is 14.5 Å². The van der Waals surface area contributed by atoms with Crippen molar-refractivity contribution < 1.29 is 0 Å². The predicted octanol–water partition coefficient (Wildman–Crippen LogP) is 9.07. The zero-order valence-electron chi connectivity index (χ0n) is 21.1. The Bertz CT molecular complexity index is 1950. The minimum absolute atomic E-state index is 0.662. The number of hydrogen-bond acceptors (Lipinski definition) is 2. The van der Waals surface area contributed by atoms with Gasteiger partial charge in [-0.3, -0.25) is 4.57 Å². The van der Waals surface area contributed by atoms with Gasteiger partial charge in [0.25, 0.3) is 0 Å². The molecule has 0 unspecified atom stereocenters. The van der Waals surface area contributed by atoms with Crippen LogP contribution in [0.3, 0.4) is 0 Å². The van der Waals surface area contributed by atoms with Crippen LogP contribution >= 0.6 is 0 Å². The van der Waals surface area contributed by atoms with E-state index in [1.165, 1.54) is 38.8 Å². The van der Waals surface area contributed by atoms with Gasteiger partial charge in [-0.05, 0) is 39.9 Å². The van der Waals surface area contributed by atoms with Crippen LogP contribution < -0.4 is 0 Å². The summed E-state index contributed by atoms with van der Waals surface area (Å²) in [6, 6.07) is 46.7. The molecule has 0 N–H and O–H groups in total. The first-order valence-corrected chi connectivity index (χ1v) is 13.2. The maximum absolute atomic E-state index is 5.12. The average Bonchev–Trinajstić information content (AvgIpc) is 3.36. The third-order valence-electron chi connectivity index (χ3n) is 7.62. The fourth-order valence-corrected chi connectivity index (χ4v) is 5.84. The Balaban J connectivity index is 1.45. The zero-order chi connectivity index (χ0) is 25.8. The van der Waals surface area contributed by atoms with Crippen LogP contribution in [0, 0.1) is 0 Å². The van der Waals surface area contributed by atoms with Gasteiger partial charge in [-0.2, -0.15) is 0 Å². The number of rotatable bonds is 3. The molecule has 2 aromatic heterocycles. The van der Waals surface area contributed by atoms with Crippen LogP contribution in [0.25, 0.3) is 72.7 Å². The van der Waals surface area contributed by atoms with Gasteiger partial charge in [0.15, 0.2) is 0 Å². The van der Waals surface area contributed by atoms with E-state index < -0.39 is 0 Å². The van der Waals surface area contributed by atoms with Gasteiger partial charge in [0.2, 0.25) is 5.95 Å². The van der Waals surface area contributed by atoms with Crippen molar-refractivity contribution in [2.75, 3.05) is 0 Å². The fourth-order valence-electron chi connectivity index (χ4n) is 5.84. The standard InChI is InChI=1S/C36H23N3/c1-3-12-24(13-4-1)32-22-33(25-14-5-2-6-15-25)38-36(37-32)39-23-31-29-19-10-8-17-27(29)26-16-7-9-18-28(26)30-20-11-21-34(39)35(30)31/h1-23H. The summed E-state index contributed by atoms with van der Waals surface area (Å²) in [4.78, 5) is 10.2. The second-order valence-electron chi connectivity index (χ2n) is 9.87. The molecule has 7 aromatic rings. The summed E-state index contributed by atoms with van der Waals surface area (Å²) in [6.45, 7) is 0. The van der Waals surface area contributed by atoms with Crippen molar-refractivity contribution >= 4 is 10.9 Å². The van der Waals surface area contributed by atoms with Gasteiger partial charge in [0.1, 0.15) is 0 Å². The lowest BCUT2D eigenvalue weighted by Gasteiger charge is -2.13. The van der Waals surface area contributed by atoms with Crippen LogP contribution in [0.15, 0.2) is 140 Å². The van der Waals surface area contributed by atoms with Crippen LogP contribution in [0.4, 0.5) is 0 Å². The first-order chi connectivity index (χ1) is 19.3. The van der Waals surface area contributed by atoms with Crippen molar-refractivity contribution in [3.8, 4) is 61.8 Å². The van der Waals surface area contributed by atoms with Gasteiger partial charge in [-0.1, -0.05) is 121 Å². The van der Waals surface area contributed by atoms with Crippen LogP contribution in [0.2, 0.25) is 0 Å². The number of aromatic nitrogens is 3. The number of benzene rings is 5. The molecule has 0 radical (unpaired) electrons. The normalized spacial score (nSPS) is 11.6. The Morgan fingerprint density at radius 1 is 0.410 bits per heavy atom. The molecule has 3 nitrogen and oxygen atoms in total. The Morgan fingerprint density at radius 2 is 0.872 bits per heavy atom. The quantitative estimate of drug-likeness (QED) is 0.244. The van der Waals surface area contributed by atoms with E-state index in [2.05, 4.69) is 132 Å². The van der Waals surface area contributed by atoms with Crippen molar-refractivity contribution in [3.05, 3.63) is 140 Å². The minimum Gasteiger partial charge on any atom is -0.285 e. The van der Waals surface area contributed by atoms with Gasteiger partial charge in [-0.25, -0.2) is 9.97 Å². The van der Waals surface area contributed by atoms with Crippen LogP contribution in [-0.4, -0.2) is 14.5 Å². The summed E-state index contributed by atoms with van der Waals surface area (Å²) in [5.41, 5.74) is 12.4. The Morgan fingerprint density at radius 3 is 1.44 bits per heavy atom. The molecule has 0 aliphatic heterocycles. The molecule has 1 aliphatic carbocycles. The fraction of sp³-hybridized carbons (Fsp3) is 0. The highest BCUT2D eigenvalue weighted by molar-refractivity contribution is 6.13. The lowest BCUT2D eigenvalue weighted by molar-refractivity contribution is 0.969. The molecule has 0 saturated carbocycles. The molecule has 39 heavy (non-hydrogen) atoms. The molecule has 0 saturated heterocycles. The summed E-state index contributed by atoms with van der Waals surface area (Å²) in [5, 5.41) is 1.23. The molecule has 0 atom stereocenters. The summed E-state index contributed by atoms with van der Waals surface area (Å²) in [6.07, 6.45) is 2.22. The monoisotopic (exact) mass is 497 g/mol. The smallest absolute Gasteiger partial charge is 0.235 e. The third kappa shape index (κ3) is 3.44. The van der Waals surface area contributed by atoms with Crippen molar-refractivity contribution in [2.24, 2.45) is 0 Å². The Kier molecular flexibility index (Phi) is 4.82. The van der Waals surface area contributed by atoms with Gasteiger partial charge < -0.3 is 0 Å². The van der Waals surface area contributed by atoms with E-state index in [9.17, 15) is 0 Å². The molecule has 8 rings (SSSR count). The summed E-state index contributed by atoms with van der Waals surface area (Å²) in [7, 11) is 0. The number of fused-ring (bicyclic) bond motifs is 5. The Labute approximate surface area is 226 Å². The first kappa shape index (κ1) is 21.8. The Hall–Kier alpha value is -5.28. The molecule has 182 valence electrons. The topological polar surface area (TPSA) is 30.7 Å². The molecule has 1 aliphatic rings. The zero-order valence-corrected chi connectivity index (χ0v) is 21.1. The van der Waals surface area contributed by atoms with E-state index in [1.807, 2.05) is 12.1 Å². The van der Waals surface area contributed by atoms with E-state index in [0.29, 0.717) is 5.95 Å². The van der Waals surface area contributed by atoms with E-state index in [1.54, 1.807) is 0 Å². The maximum Gasteiger partial charge on any atom is 0.235 e. The lowest BCUT2D eigenvalue weighted by atomic mass is 9.94. The molecule has 5 aromatic carbocycles. The average molecular weight is 498 g/mol. The molecule has 0 amide bonds. The summed E-state index contributed by atoms with van der Waals surface area (Å²) >= 11 is 0. The molecular formula is C36H23N3. The van der Waals surface area contributed by atoms with Gasteiger partial charge >= 0.3 is 0 Å². The molecule has 0 spiro atoms. The van der Waals surface area contributed by atoms with Crippen molar-refractivity contribution in [3.63, 3.8) is 0 Å². The maximum atomic E-state index is 5.12. The summed E-state index contributed by atoms with van der Waals surface area (Å²) in [5.74, 6) is 0.662. The molecule has 3 heteroatoms. The SMILES string of the molecule is c1ccc(-c2cc(-c3ccccc3)nc(-n3cc4c5c(cccc53)-c3ccccc3-c3ccccc3-4)n2)cc1. The molecule has 0 fully saturated rings.